The number of ether oxygens (including phenoxy) is 1. The molecule has 3 atom stereocenters. The van der Waals surface area contributed by atoms with Gasteiger partial charge in [0.05, 0.1) is 10.7 Å². The van der Waals surface area contributed by atoms with Crippen molar-refractivity contribution < 1.29 is 9.53 Å². The van der Waals surface area contributed by atoms with E-state index in [4.69, 9.17) is 4.74 Å². The molecule has 0 aliphatic heterocycles. The molecule has 146 valence electrons. The summed E-state index contributed by atoms with van der Waals surface area (Å²) in [6.07, 6.45) is 6.51. The Kier molecular flexibility index (Phi) is 5.54. The van der Waals surface area contributed by atoms with E-state index in [0.29, 0.717) is 12.5 Å². The number of hydrazone groups is 1. The van der Waals surface area contributed by atoms with Gasteiger partial charge in [-0.3, -0.25) is 4.79 Å². The Morgan fingerprint density at radius 2 is 2.11 bits per heavy atom. The Morgan fingerprint density at radius 3 is 2.82 bits per heavy atom. The molecule has 0 aromatic heterocycles. The van der Waals surface area contributed by atoms with E-state index in [-0.39, 0.29) is 17.2 Å². The molecule has 5 heteroatoms. The van der Waals surface area contributed by atoms with E-state index in [0.717, 1.165) is 27.8 Å². The summed E-state index contributed by atoms with van der Waals surface area (Å²) in [4.78, 5) is 12.5. The second kappa shape index (κ2) is 8.08. The van der Waals surface area contributed by atoms with Crippen molar-refractivity contribution in [2.75, 3.05) is 0 Å². The molecule has 2 aliphatic carbocycles. The number of carbonyl (C=O) groups is 1. The topological polar surface area (TPSA) is 50.7 Å². The molecule has 0 heterocycles. The summed E-state index contributed by atoms with van der Waals surface area (Å²) in [7, 11) is 0. The van der Waals surface area contributed by atoms with E-state index in [1.165, 1.54) is 19.3 Å². The highest BCUT2D eigenvalue weighted by molar-refractivity contribution is 9.10. The van der Waals surface area contributed by atoms with Gasteiger partial charge in [-0.05, 0) is 69.4 Å². The Hall–Kier alpha value is -2.14. The second-order valence-corrected chi connectivity index (χ2v) is 8.89. The zero-order valence-electron chi connectivity index (χ0n) is 16.0. The molecule has 0 bridgehead atoms. The first kappa shape index (κ1) is 19.2. The van der Waals surface area contributed by atoms with Crippen LogP contribution in [0.4, 0.5) is 0 Å². The van der Waals surface area contributed by atoms with Gasteiger partial charge in [-0.1, -0.05) is 50.1 Å². The maximum absolute atomic E-state index is 12.5. The van der Waals surface area contributed by atoms with Gasteiger partial charge in [-0.25, -0.2) is 5.43 Å². The van der Waals surface area contributed by atoms with Crippen LogP contribution in [-0.2, 0) is 11.4 Å². The highest BCUT2D eigenvalue weighted by Crippen LogP contribution is 2.66. The van der Waals surface area contributed by atoms with Crippen LogP contribution in [-0.4, -0.2) is 12.1 Å². The molecule has 0 radical (unpaired) electrons. The summed E-state index contributed by atoms with van der Waals surface area (Å²) in [6, 6.07) is 15.8. The molecule has 1 N–H and O–H groups in total. The summed E-state index contributed by atoms with van der Waals surface area (Å²) in [5.74, 6) is 1.52. The monoisotopic (exact) mass is 440 g/mol. The fourth-order valence-corrected chi connectivity index (χ4v) is 5.05. The quantitative estimate of drug-likeness (QED) is 0.488. The first-order valence-corrected chi connectivity index (χ1v) is 10.7. The summed E-state index contributed by atoms with van der Waals surface area (Å²) < 4.78 is 6.73. The molecule has 4 nitrogen and oxygen atoms in total. The minimum atomic E-state index is 0.0625. The molecule has 2 saturated carbocycles. The maximum Gasteiger partial charge on any atom is 0.244 e. The fraction of sp³-hybridized carbons (Fsp3) is 0.391. The van der Waals surface area contributed by atoms with E-state index < -0.39 is 0 Å². The lowest BCUT2D eigenvalue weighted by Crippen LogP contribution is -2.22. The van der Waals surface area contributed by atoms with Gasteiger partial charge in [0.2, 0.25) is 5.91 Å². The predicted molar refractivity (Wildman–Crippen MR) is 114 cm³/mol. The maximum atomic E-state index is 12.5. The zero-order valence-corrected chi connectivity index (χ0v) is 17.6. The van der Waals surface area contributed by atoms with E-state index in [1.54, 1.807) is 6.21 Å². The molecule has 0 saturated heterocycles. The third-order valence-corrected chi connectivity index (χ3v) is 6.82. The average Bonchev–Trinajstić information content (AvgIpc) is 3.33. The van der Waals surface area contributed by atoms with Crippen LogP contribution in [0.3, 0.4) is 0 Å². The van der Waals surface area contributed by atoms with Crippen LogP contribution in [0.2, 0.25) is 0 Å². The molecule has 0 unspecified atom stereocenters. The molecule has 2 aromatic carbocycles. The van der Waals surface area contributed by atoms with Gasteiger partial charge in [0.1, 0.15) is 12.4 Å². The van der Waals surface area contributed by atoms with Crippen molar-refractivity contribution in [3.8, 4) is 5.75 Å². The normalized spacial score (nSPS) is 25.9. The number of nitrogens with zero attached hydrogens (tertiary/aromatic N) is 1. The van der Waals surface area contributed by atoms with Crippen LogP contribution in [0.25, 0.3) is 0 Å². The van der Waals surface area contributed by atoms with E-state index >= 15 is 0 Å². The number of hydrogen-bond donors (Lipinski definition) is 1. The molecule has 1 amide bonds. The molecular weight excluding hydrogens is 416 g/mol. The van der Waals surface area contributed by atoms with Gasteiger partial charge >= 0.3 is 0 Å². The lowest BCUT2D eigenvalue weighted by atomic mass is 9.90. The van der Waals surface area contributed by atoms with Crippen molar-refractivity contribution in [2.24, 2.45) is 22.4 Å². The number of nitrogens with one attached hydrogen (secondary N) is 1. The van der Waals surface area contributed by atoms with Crippen molar-refractivity contribution in [3.63, 3.8) is 0 Å². The number of rotatable bonds is 6. The summed E-state index contributed by atoms with van der Waals surface area (Å²) >= 11 is 3.55. The smallest absolute Gasteiger partial charge is 0.244 e. The summed E-state index contributed by atoms with van der Waals surface area (Å²) in [5, 5.41) is 4.17. The Morgan fingerprint density at radius 1 is 1.29 bits per heavy atom. The van der Waals surface area contributed by atoms with Crippen LogP contribution in [0.15, 0.2) is 58.1 Å². The van der Waals surface area contributed by atoms with Gasteiger partial charge in [0.25, 0.3) is 0 Å². The van der Waals surface area contributed by atoms with Crippen LogP contribution >= 0.6 is 15.9 Å². The Bertz CT molecular complexity index is 883. The number of amides is 1. The van der Waals surface area contributed by atoms with E-state index in [2.05, 4.69) is 33.4 Å². The Balaban J connectivity index is 1.31. The van der Waals surface area contributed by atoms with Gasteiger partial charge in [0, 0.05) is 5.92 Å². The summed E-state index contributed by atoms with van der Waals surface area (Å²) in [5.41, 5.74) is 4.97. The fourth-order valence-electron chi connectivity index (χ4n) is 4.54. The molecular formula is C23H25BrN2O2. The van der Waals surface area contributed by atoms with Gasteiger partial charge < -0.3 is 4.74 Å². The number of benzene rings is 2. The molecule has 0 spiro atoms. The van der Waals surface area contributed by atoms with E-state index in [9.17, 15) is 4.79 Å². The third-order valence-electron chi connectivity index (χ3n) is 6.20. The SMILES string of the molecule is C[C@]12CCCC[C@H]1[C@H]2C(=O)N/N=C\c1ccc(OCc2ccccc2)c(Br)c1. The van der Waals surface area contributed by atoms with Crippen LogP contribution in [0.5, 0.6) is 5.75 Å². The zero-order chi connectivity index (χ0) is 19.6. The molecule has 2 fully saturated rings. The highest BCUT2D eigenvalue weighted by atomic mass is 79.9. The highest BCUT2D eigenvalue weighted by Gasteiger charge is 2.64. The first-order chi connectivity index (χ1) is 13.6. The predicted octanol–water partition coefficient (Wildman–Crippen LogP) is 5.30. The minimum absolute atomic E-state index is 0.0625. The van der Waals surface area contributed by atoms with Gasteiger partial charge in [0.15, 0.2) is 0 Å². The Labute approximate surface area is 174 Å². The largest absolute Gasteiger partial charge is 0.488 e. The van der Waals surface area contributed by atoms with Crippen molar-refractivity contribution in [2.45, 2.75) is 39.2 Å². The average molecular weight is 441 g/mol. The minimum Gasteiger partial charge on any atom is -0.488 e. The van der Waals surface area contributed by atoms with Crippen molar-refractivity contribution in [1.29, 1.82) is 0 Å². The standard InChI is InChI=1S/C23H25BrN2O2/c1-23-12-6-5-9-18(23)21(23)22(27)26-25-14-17-10-11-20(19(24)13-17)28-15-16-7-3-2-4-8-16/h2-4,7-8,10-11,13-14,18,21H,5-6,9,12,15H2,1H3,(H,26,27)/b25-14-/t18-,21-,23-/m0/s1. The second-order valence-electron chi connectivity index (χ2n) is 8.03. The lowest BCUT2D eigenvalue weighted by Gasteiger charge is -2.15. The molecule has 2 aliphatic rings. The van der Waals surface area contributed by atoms with Crippen LogP contribution in [0.1, 0.15) is 43.7 Å². The summed E-state index contributed by atoms with van der Waals surface area (Å²) in [6.45, 7) is 2.76. The van der Waals surface area contributed by atoms with Gasteiger partial charge in [-0.2, -0.15) is 5.10 Å². The number of carbonyl (C=O) groups excluding carboxylic acids is 1. The van der Waals surface area contributed by atoms with Gasteiger partial charge in [-0.15, -0.1) is 0 Å². The number of fused-ring (bicyclic) bond motifs is 1. The van der Waals surface area contributed by atoms with Crippen LogP contribution < -0.4 is 10.2 Å². The lowest BCUT2D eigenvalue weighted by molar-refractivity contribution is -0.123. The van der Waals surface area contributed by atoms with E-state index in [1.807, 2.05) is 48.5 Å². The first-order valence-electron chi connectivity index (χ1n) is 9.87. The van der Waals surface area contributed by atoms with Crippen molar-refractivity contribution >= 4 is 28.1 Å². The number of halogens is 1. The molecule has 28 heavy (non-hydrogen) atoms. The van der Waals surface area contributed by atoms with Crippen molar-refractivity contribution in [3.05, 3.63) is 64.1 Å². The molecule has 2 aromatic rings. The van der Waals surface area contributed by atoms with Crippen molar-refractivity contribution in [1.82, 2.24) is 5.43 Å². The third kappa shape index (κ3) is 4.00. The van der Waals surface area contributed by atoms with Crippen LogP contribution in [0, 0.1) is 17.3 Å². The molecule has 4 rings (SSSR count). The number of hydrogen-bond acceptors (Lipinski definition) is 3.